The van der Waals surface area contributed by atoms with Gasteiger partial charge in [-0.2, -0.15) is 13.2 Å². The first-order valence-corrected chi connectivity index (χ1v) is 16.3. The van der Waals surface area contributed by atoms with Crippen LogP contribution in [-0.2, 0) is 26.1 Å². The van der Waals surface area contributed by atoms with Crippen molar-refractivity contribution in [3.05, 3.63) is 45.8 Å². The lowest BCUT2D eigenvalue weighted by Gasteiger charge is -2.31. The first kappa shape index (κ1) is 35.5. The predicted molar refractivity (Wildman–Crippen MR) is 161 cm³/mol. The molecule has 0 radical (unpaired) electrons. The number of sulfonamides is 1. The molecule has 3 heterocycles. The van der Waals surface area contributed by atoms with Gasteiger partial charge >= 0.3 is 12.1 Å². The molecule has 1 aliphatic rings. The number of nitrogens with two attached hydrogens (primary N) is 1. The molecule has 1 aromatic carbocycles. The second-order valence-corrected chi connectivity index (χ2v) is 13.6. The van der Waals surface area contributed by atoms with Crippen LogP contribution in [0.3, 0.4) is 0 Å². The highest BCUT2D eigenvalue weighted by atomic mass is 32.2. The molecule has 2 aromatic heterocycles. The number of carboxylic acid groups (broad SMARTS) is 1. The van der Waals surface area contributed by atoms with Gasteiger partial charge in [0.25, 0.3) is 5.91 Å². The van der Waals surface area contributed by atoms with Crippen LogP contribution in [0.15, 0.2) is 29.8 Å². The Kier molecular flexibility index (Phi) is 12.3. The molecule has 16 heteroatoms. The fourth-order valence-electron chi connectivity index (χ4n) is 4.93. The summed E-state index contributed by atoms with van der Waals surface area (Å²) in [6, 6.07) is 6.10. The molecule has 0 bridgehead atoms. The third kappa shape index (κ3) is 9.25. The summed E-state index contributed by atoms with van der Waals surface area (Å²) in [7, 11) is -1.16. The molecule has 1 amide bonds. The van der Waals surface area contributed by atoms with Crippen molar-refractivity contribution in [3.63, 3.8) is 0 Å². The number of carbonyl (C=O) groups excluding carboxylic acids is 1. The molecule has 0 saturated carbocycles. The monoisotopic (exact) mass is 662 g/mol. The average molecular weight is 663 g/mol. The summed E-state index contributed by atoms with van der Waals surface area (Å²) in [4.78, 5) is 27.9. The van der Waals surface area contributed by atoms with Gasteiger partial charge in [-0.05, 0) is 73.0 Å². The number of benzene rings is 1. The van der Waals surface area contributed by atoms with E-state index in [-0.39, 0.29) is 18.3 Å². The lowest BCUT2D eigenvalue weighted by atomic mass is 9.88. The van der Waals surface area contributed by atoms with Crippen LogP contribution in [0.4, 0.5) is 13.2 Å². The number of nitrogens with one attached hydrogen (secondary N) is 1. The Balaban J connectivity index is 0.000000676. The Labute approximate surface area is 257 Å². The van der Waals surface area contributed by atoms with E-state index in [1.165, 1.54) is 4.88 Å². The van der Waals surface area contributed by atoms with Gasteiger partial charge in [0.05, 0.1) is 36.7 Å². The van der Waals surface area contributed by atoms with Crippen LogP contribution in [0.25, 0.3) is 22.0 Å². The molecule has 0 spiro atoms. The number of amides is 1. The van der Waals surface area contributed by atoms with Crippen molar-refractivity contribution in [2.75, 3.05) is 52.3 Å². The minimum absolute atomic E-state index is 0.0262. The Morgan fingerprint density at radius 3 is 2.41 bits per heavy atom. The van der Waals surface area contributed by atoms with Crippen LogP contribution in [0, 0.1) is 0 Å². The van der Waals surface area contributed by atoms with Gasteiger partial charge in [0.15, 0.2) is 0 Å². The summed E-state index contributed by atoms with van der Waals surface area (Å²) in [6.45, 7) is 5.15. The quantitative estimate of drug-likeness (QED) is 0.214. The Bertz CT molecular complexity index is 1530. The van der Waals surface area contributed by atoms with Crippen LogP contribution in [-0.4, -0.2) is 103 Å². The standard InChI is InChI=1S/C26H36N4O5S2.C2HF3O2/c1-3-37(33,34)30-6-4-18(5-7-30)24-15-28-25-22(24)13-19(14-23(25)26(27)32)20-12-21(36-17-20)16-29(2)8-10-35-11-9-31;3-2(4,5)1(6)7/h12-15,17-18,28,31H,3-11,16H2,1-2H3,(H2,27,32);(H,6,7). The minimum atomic E-state index is -5.08. The van der Waals surface area contributed by atoms with Gasteiger partial charge in [0.1, 0.15) is 0 Å². The number of nitrogens with zero attached hydrogens (tertiary/aromatic N) is 2. The maximum Gasteiger partial charge on any atom is 0.490 e. The van der Waals surface area contributed by atoms with Crippen molar-refractivity contribution in [1.29, 1.82) is 0 Å². The van der Waals surface area contributed by atoms with Gasteiger partial charge in [-0.15, -0.1) is 11.3 Å². The summed E-state index contributed by atoms with van der Waals surface area (Å²) in [5.41, 5.74) is 10.0. The molecule has 1 aliphatic heterocycles. The summed E-state index contributed by atoms with van der Waals surface area (Å²) in [5.74, 6) is -2.92. The summed E-state index contributed by atoms with van der Waals surface area (Å²) >= 11 is 1.67. The molecule has 11 nitrogen and oxygen atoms in total. The summed E-state index contributed by atoms with van der Waals surface area (Å²) in [6.07, 6.45) is -1.67. The van der Waals surface area contributed by atoms with Gasteiger partial charge in [-0.1, -0.05) is 0 Å². The molecule has 3 aromatic rings. The van der Waals surface area contributed by atoms with Crippen LogP contribution in [0.5, 0.6) is 0 Å². The highest BCUT2D eigenvalue weighted by molar-refractivity contribution is 7.89. The largest absolute Gasteiger partial charge is 0.490 e. The zero-order valence-electron chi connectivity index (χ0n) is 24.4. The van der Waals surface area contributed by atoms with E-state index in [1.54, 1.807) is 22.6 Å². The van der Waals surface area contributed by atoms with E-state index >= 15 is 0 Å². The number of fused-ring (bicyclic) bond motifs is 1. The number of H-pyrrole nitrogens is 1. The van der Waals surface area contributed by atoms with Crippen LogP contribution in [0.1, 0.15) is 46.5 Å². The number of carbonyl (C=O) groups is 2. The van der Waals surface area contributed by atoms with Crippen molar-refractivity contribution < 1.29 is 46.1 Å². The number of likely N-dealkylation sites (N-methyl/N-ethyl adjacent to an activating group) is 1. The van der Waals surface area contributed by atoms with E-state index in [9.17, 15) is 26.4 Å². The number of ether oxygens (including phenoxy) is 1. The molecular formula is C28H37F3N4O7S2. The predicted octanol–water partition coefficient (Wildman–Crippen LogP) is 3.60. The van der Waals surface area contributed by atoms with Crippen molar-refractivity contribution in [2.24, 2.45) is 5.73 Å². The Hall–Kier alpha value is -3.02. The van der Waals surface area contributed by atoms with Crippen molar-refractivity contribution in [2.45, 2.75) is 38.4 Å². The molecule has 4 rings (SSSR count). The topological polar surface area (TPSA) is 166 Å². The summed E-state index contributed by atoms with van der Waals surface area (Å²) in [5, 5.41) is 19.0. The zero-order valence-corrected chi connectivity index (χ0v) is 26.0. The number of carboxylic acids is 1. The van der Waals surface area contributed by atoms with Gasteiger partial charge in [0.2, 0.25) is 10.0 Å². The fraction of sp³-hybridized carbons (Fsp3) is 0.500. The first-order valence-electron chi connectivity index (χ1n) is 13.9. The number of thiophene rings is 1. The lowest BCUT2D eigenvalue weighted by Crippen LogP contribution is -2.38. The number of hydrogen-bond acceptors (Lipinski definition) is 8. The zero-order chi connectivity index (χ0) is 32.7. The average Bonchev–Trinajstić information content (AvgIpc) is 3.62. The first-order chi connectivity index (χ1) is 20.7. The van der Waals surface area contributed by atoms with E-state index in [1.807, 2.05) is 19.3 Å². The molecule has 0 aliphatic carbocycles. The number of aromatic amines is 1. The highest BCUT2D eigenvalue weighted by Crippen LogP contribution is 2.38. The van der Waals surface area contributed by atoms with E-state index in [0.29, 0.717) is 31.9 Å². The van der Waals surface area contributed by atoms with E-state index in [2.05, 4.69) is 27.4 Å². The molecule has 0 atom stereocenters. The lowest BCUT2D eigenvalue weighted by molar-refractivity contribution is -0.192. The number of rotatable bonds is 12. The highest BCUT2D eigenvalue weighted by Gasteiger charge is 2.38. The molecule has 1 saturated heterocycles. The van der Waals surface area contributed by atoms with Crippen molar-refractivity contribution in [3.8, 4) is 11.1 Å². The van der Waals surface area contributed by atoms with Gasteiger partial charge in [-0.3, -0.25) is 9.69 Å². The van der Waals surface area contributed by atoms with Gasteiger partial charge in [0, 0.05) is 42.6 Å². The van der Waals surface area contributed by atoms with Crippen LogP contribution < -0.4 is 5.73 Å². The van der Waals surface area contributed by atoms with Crippen molar-refractivity contribution >= 4 is 44.1 Å². The molecule has 44 heavy (non-hydrogen) atoms. The van der Waals surface area contributed by atoms with Gasteiger partial charge in [-0.25, -0.2) is 17.5 Å². The van der Waals surface area contributed by atoms with E-state index < -0.39 is 28.1 Å². The molecule has 5 N–H and O–H groups in total. The number of aromatic nitrogens is 1. The number of aliphatic carboxylic acids is 1. The number of aliphatic hydroxyl groups is 1. The number of hydrogen-bond donors (Lipinski definition) is 4. The third-order valence-corrected chi connectivity index (χ3v) is 10.1. The van der Waals surface area contributed by atoms with E-state index in [0.717, 1.165) is 53.5 Å². The second kappa shape index (κ2) is 15.3. The Morgan fingerprint density at radius 2 is 1.84 bits per heavy atom. The molecule has 244 valence electrons. The van der Waals surface area contributed by atoms with Crippen LogP contribution >= 0.6 is 11.3 Å². The Morgan fingerprint density at radius 1 is 1.18 bits per heavy atom. The number of aliphatic hydroxyl groups excluding tert-OH is 1. The number of piperidine rings is 1. The minimum Gasteiger partial charge on any atom is -0.475 e. The molecule has 0 unspecified atom stereocenters. The SMILES string of the molecule is CCS(=O)(=O)N1CCC(c2c[nH]c3c(C(N)=O)cc(-c4csc(CN(C)CCOCCO)c4)cc23)CC1.O=C(O)C(F)(F)F. The third-order valence-electron chi connectivity index (χ3n) is 7.25. The fourth-order valence-corrected chi connectivity index (χ4v) is 7.03. The molecular weight excluding hydrogens is 625 g/mol. The second-order valence-electron chi connectivity index (χ2n) is 10.3. The number of halogens is 3. The van der Waals surface area contributed by atoms with Crippen molar-refractivity contribution in [1.82, 2.24) is 14.2 Å². The van der Waals surface area contributed by atoms with Gasteiger partial charge < -0.3 is 25.7 Å². The molecule has 1 fully saturated rings. The maximum atomic E-state index is 12.4. The van der Waals surface area contributed by atoms with Crippen LogP contribution in [0.2, 0.25) is 0 Å². The number of primary amides is 1. The van der Waals surface area contributed by atoms with E-state index in [4.69, 9.17) is 25.5 Å². The normalized spacial score (nSPS) is 15.0. The maximum absolute atomic E-state index is 12.4. The smallest absolute Gasteiger partial charge is 0.475 e. The number of alkyl halides is 3. The summed E-state index contributed by atoms with van der Waals surface area (Å²) < 4.78 is 63.2.